The molecule has 0 bridgehead atoms. The monoisotopic (exact) mass is 274 g/mol. The second-order valence-electron chi connectivity index (χ2n) is 3.96. The van der Waals surface area contributed by atoms with Crippen LogP contribution in [0.4, 0.5) is 0 Å². The molecule has 0 aliphatic heterocycles. The van der Waals surface area contributed by atoms with Crippen molar-refractivity contribution in [1.29, 1.82) is 0 Å². The minimum Gasteiger partial charge on any atom is -0.316 e. The fourth-order valence-electron chi connectivity index (χ4n) is 1.65. The van der Waals surface area contributed by atoms with Gasteiger partial charge in [0.25, 0.3) is 0 Å². The molecule has 0 saturated heterocycles. The van der Waals surface area contributed by atoms with Crippen LogP contribution >= 0.6 is 23.2 Å². The van der Waals surface area contributed by atoms with Crippen LogP contribution in [-0.4, -0.2) is 31.1 Å². The molecule has 1 aromatic rings. The molecule has 0 atom stereocenters. The molecule has 0 radical (unpaired) electrons. The molecular formula is C13H20Cl2N2. The summed E-state index contributed by atoms with van der Waals surface area (Å²) in [5.74, 6) is 0. The van der Waals surface area contributed by atoms with Gasteiger partial charge in [0.05, 0.1) is 0 Å². The van der Waals surface area contributed by atoms with Gasteiger partial charge in [0.1, 0.15) is 0 Å². The minimum absolute atomic E-state index is 0.689. The van der Waals surface area contributed by atoms with E-state index < -0.39 is 0 Å². The van der Waals surface area contributed by atoms with Crippen molar-refractivity contribution >= 4 is 23.2 Å². The summed E-state index contributed by atoms with van der Waals surface area (Å²) in [5, 5.41) is 4.77. The minimum atomic E-state index is 0.689. The average molecular weight is 275 g/mol. The highest BCUT2D eigenvalue weighted by Gasteiger charge is 2.06. The van der Waals surface area contributed by atoms with E-state index >= 15 is 0 Å². The van der Waals surface area contributed by atoms with Crippen LogP contribution in [0.5, 0.6) is 0 Å². The van der Waals surface area contributed by atoms with E-state index in [1.165, 1.54) is 0 Å². The number of hydrogen-bond acceptors (Lipinski definition) is 2. The normalized spacial score (nSPS) is 11.1. The largest absolute Gasteiger partial charge is 0.316 e. The fraction of sp³-hybridized carbons (Fsp3) is 0.538. The van der Waals surface area contributed by atoms with Gasteiger partial charge in [0.15, 0.2) is 0 Å². The molecule has 4 heteroatoms. The van der Waals surface area contributed by atoms with Crippen molar-refractivity contribution in [2.24, 2.45) is 0 Å². The predicted molar refractivity (Wildman–Crippen MR) is 76.0 cm³/mol. The van der Waals surface area contributed by atoms with Crippen molar-refractivity contribution in [2.45, 2.75) is 20.4 Å². The molecule has 0 aromatic heterocycles. The molecule has 0 aliphatic carbocycles. The molecule has 2 nitrogen and oxygen atoms in total. The van der Waals surface area contributed by atoms with Gasteiger partial charge < -0.3 is 5.32 Å². The second kappa shape index (κ2) is 7.93. The molecule has 1 aromatic carbocycles. The topological polar surface area (TPSA) is 15.3 Å². The van der Waals surface area contributed by atoms with Gasteiger partial charge in [-0.05, 0) is 30.8 Å². The molecule has 17 heavy (non-hydrogen) atoms. The van der Waals surface area contributed by atoms with Gasteiger partial charge >= 0.3 is 0 Å². The Morgan fingerprint density at radius 2 is 2.00 bits per heavy atom. The number of hydrogen-bond donors (Lipinski definition) is 1. The first kappa shape index (κ1) is 14.8. The SMILES string of the molecule is CCNCCN(CC)Cc1ccc(Cl)cc1Cl. The Morgan fingerprint density at radius 1 is 1.24 bits per heavy atom. The summed E-state index contributed by atoms with van der Waals surface area (Å²) in [6.07, 6.45) is 0. The summed E-state index contributed by atoms with van der Waals surface area (Å²) in [7, 11) is 0. The van der Waals surface area contributed by atoms with E-state index in [9.17, 15) is 0 Å². The van der Waals surface area contributed by atoms with Gasteiger partial charge in [-0.15, -0.1) is 0 Å². The van der Waals surface area contributed by atoms with E-state index in [0.29, 0.717) is 5.02 Å². The maximum Gasteiger partial charge on any atom is 0.0465 e. The van der Waals surface area contributed by atoms with Crippen LogP contribution < -0.4 is 5.32 Å². The Hall–Kier alpha value is -0.280. The van der Waals surface area contributed by atoms with Crippen molar-refractivity contribution in [3.63, 3.8) is 0 Å². The third-order valence-electron chi connectivity index (χ3n) is 2.71. The molecule has 96 valence electrons. The summed E-state index contributed by atoms with van der Waals surface area (Å²) in [6.45, 7) is 9.22. The van der Waals surface area contributed by atoms with Crippen molar-refractivity contribution in [3.8, 4) is 0 Å². The first-order valence-corrected chi connectivity index (χ1v) is 6.80. The van der Waals surface area contributed by atoms with Crippen LogP contribution in [-0.2, 0) is 6.54 Å². The summed E-state index contributed by atoms with van der Waals surface area (Å²) >= 11 is 12.0. The third kappa shape index (κ3) is 5.26. The highest BCUT2D eigenvalue weighted by atomic mass is 35.5. The lowest BCUT2D eigenvalue weighted by Crippen LogP contribution is -2.31. The molecule has 0 heterocycles. The van der Waals surface area contributed by atoms with Gasteiger partial charge in [-0.25, -0.2) is 0 Å². The summed E-state index contributed by atoms with van der Waals surface area (Å²) in [6, 6.07) is 5.69. The van der Waals surface area contributed by atoms with E-state index in [1.54, 1.807) is 6.07 Å². The predicted octanol–water partition coefficient (Wildman–Crippen LogP) is 3.42. The number of rotatable bonds is 7. The Labute approximate surface area is 114 Å². The summed E-state index contributed by atoms with van der Waals surface area (Å²) in [4.78, 5) is 2.36. The lowest BCUT2D eigenvalue weighted by molar-refractivity contribution is 0.280. The quantitative estimate of drug-likeness (QED) is 0.767. The van der Waals surface area contributed by atoms with Crippen LogP contribution in [0, 0.1) is 0 Å². The lowest BCUT2D eigenvalue weighted by atomic mass is 10.2. The molecular weight excluding hydrogens is 255 g/mol. The number of likely N-dealkylation sites (N-methyl/N-ethyl adjacent to an activating group) is 2. The van der Waals surface area contributed by atoms with Crippen LogP contribution in [0.25, 0.3) is 0 Å². The van der Waals surface area contributed by atoms with E-state index in [1.807, 2.05) is 12.1 Å². The van der Waals surface area contributed by atoms with E-state index in [-0.39, 0.29) is 0 Å². The van der Waals surface area contributed by atoms with E-state index in [0.717, 1.165) is 43.3 Å². The number of nitrogens with zero attached hydrogens (tertiary/aromatic N) is 1. The standard InChI is InChI=1S/C13H20Cl2N2/c1-3-16-7-8-17(4-2)10-11-5-6-12(14)9-13(11)15/h5-6,9,16H,3-4,7-8,10H2,1-2H3. The summed E-state index contributed by atoms with van der Waals surface area (Å²) in [5.41, 5.74) is 1.13. The van der Waals surface area contributed by atoms with Gasteiger partial charge in [-0.1, -0.05) is 43.1 Å². The molecule has 1 N–H and O–H groups in total. The van der Waals surface area contributed by atoms with Gasteiger partial charge in [0, 0.05) is 29.7 Å². The zero-order chi connectivity index (χ0) is 12.7. The number of benzene rings is 1. The van der Waals surface area contributed by atoms with Gasteiger partial charge in [0.2, 0.25) is 0 Å². The first-order valence-electron chi connectivity index (χ1n) is 6.04. The average Bonchev–Trinajstić information content (AvgIpc) is 2.31. The molecule has 0 amide bonds. The van der Waals surface area contributed by atoms with E-state index in [2.05, 4.69) is 24.1 Å². The second-order valence-corrected chi connectivity index (χ2v) is 4.80. The Kier molecular flexibility index (Phi) is 6.90. The van der Waals surface area contributed by atoms with Crippen LogP contribution in [0.3, 0.4) is 0 Å². The van der Waals surface area contributed by atoms with Crippen molar-refractivity contribution in [2.75, 3.05) is 26.2 Å². The number of halogens is 2. The van der Waals surface area contributed by atoms with Crippen LogP contribution in [0.15, 0.2) is 18.2 Å². The highest BCUT2D eigenvalue weighted by Crippen LogP contribution is 2.22. The van der Waals surface area contributed by atoms with Crippen molar-refractivity contribution < 1.29 is 0 Å². The van der Waals surface area contributed by atoms with Crippen molar-refractivity contribution in [1.82, 2.24) is 10.2 Å². The van der Waals surface area contributed by atoms with Gasteiger partial charge in [-0.2, -0.15) is 0 Å². The van der Waals surface area contributed by atoms with Gasteiger partial charge in [-0.3, -0.25) is 4.90 Å². The Bertz CT molecular complexity index is 342. The lowest BCUT2D eigenvalue weighted by Gasteiger charge is -2.21. The highest BCUT2D eigenvalue weighted by molar-refractivity contribution is 6.35. The fourth-order valence-corrected chi connectivity index (χ4v) is 2.12. The van der Waals surface area contributed by atoms with Crippen LogP contribution in [0.1, 0.15) is 19.4 Å². The molecule has 1 rings (SSSR count). The van der Waals surface area contributed by atoms with E-state index in [4.69, 9.17) is 23.2 Å². The zero-order valence-corrected chi connectivity index (χ0v) is 12.0. The van der Waals surface area contributed by atoms with Crippen molar-refractivity contribution in [3.05, 3.63) is 33.8 Å². The Balaban J connectivity index is 2.54. The maximum atomic E-state index is 6.17. The Morgan fingerprint density at radius 3 is 2.59 bits per heavy atom. The molecule has 0 unspecified atom stereocenters. The summed E-state index contributed by atoms with van der Waals surface area (Å²) < 4.78 is 0. The molecule has 0 aliphatic rings. The third-order valence-corrected chi connectivity index (χ3v) is 3.30. The molecule has 0 saturated carbocycles. The number of nitrogens with one attached hydrogen (secondary N) is 1. The maximum absolute atomic E-state index is 6.17. The first-order chi connectivity index (χ1) is 8.17. The smallest absolute Gasteiger partial charge is 0.0465 e. The van der Waals surface area contributed by atoms with Crippen LogP contribution in [0.2, 0.25) is 10.0 Å². The molecule has 0 spiro atoms. The molecule has 0 fully saturated rings. The zero-order valence-electron chi connectivity index (χ0n) is 10.5.